The van der Waals surface area contributed by atoms with E-state index in [-0.39, 0.29) is 17.2 Å². The molecule has 2 rings (SSSR count). The van der Waals surface area contributed by atoms with Crippen LogP contribution >= 0.6 is 34.4 Å². The van der Waals surface area contributed by atoms with Crippen LogP contribution in [-0.4, -0.2) is 21.6 Å². The molecule has 0 atom stereocenters. The number of carbonyl (C=O) groups excluding carboxylic acids is 1. The number of amides is 1. The fourth-order valence-electron chi connectivity index (χ4n) is 1.48. The zero-order valence-corrected chi connectivity index (χ0v) is 13.6. The number of hydrogen-bond donors (Lipinski definition) is 2. The maximum absolute atomic E-state index is 11.8. The van der Waals surface area contributed by atoms with Gasteiger partial charge in [0.15, 0.2) is 5.16 Å². The predicted molar refractivity (Wildman–Crippen MR) is 88.1 cm³/mol. The van der Waals surface area contributed by atoms with Crippen molar-refractivity contribution in [1.82, 2.24) is 9.97 Å². The molecule has 0 radical (unpaired) electrons. The van der Waals surface area contributed by atoms with Crippen molar-refractivity contribution in [3.63, 3.8) is 0 Å². The average Bonchev–Trinajstić information content (AvgIpc) is 2.38. The largest absolute Gasteiger partial charge is 0.325 e. The van der Waals surface area contributed by atoms with Crippen molar-refractivity contribution in [1.29, 1.82) is 0 Å². The van der Waals surface area contributed by atoms with Gasteiger partial charge in [-0.3, -0.25) is 9.59 Å². The van der Waals surface area contributed by atoms with Crippen molar-refractivity contribution in [2.75, 3.05) is 11.1 Å². The van der Waals surface area contributed by atoms with Crippen molar-refractivity contribution >= 4 is 45.9 Å². The molecule has 0 unspecified atom stereocenters. The molecular formula is C13H12IN3O2S. The van der Waals surface area contributed by atoms with Crippen molar-refractivity contribution in [3.8, 4) is 0 Å². The van der Waals surface area contributed by atoms with Crippen LogP contribution in [0.1, 0.15) is 5.69 Å². The molecule has 1 aromatic carbocycles. The SMILES string of the molecule is Cc1cc(=O)[nH]c(SCC(=O)Nc2ccc(I)cc2)n1. The number of halogens is 1. The Morgan fingerprint density at radius 3 is 2.75 bits per heavy atom. The maximum atomic E-state index is 11.8. The first-order valence-electron chi connectivity index (χ1n) is 5.79. The summed E-state index contributed by atoms with van der Waals surface area (Å²) in [5.74, 6) is 0.0543. The van der Waals surface area contributed by atoms with Gasteiger partial charge in [-0.2, -0.15) is 0 Å². The highest BCUT2D eigenvalue weighted by molar-refractivity contribution is 14.1. The molecule has 0 bridgehead atoms. The Labute approximate surface area is 133 Å². The van der Waals surface area contributed by atoms with Gasteiger partial charge in [-0.25, -0.2) is 4.98 Å². The Morgan fingerprint density at radius 1 is 1.40 bits per heavy atom. The zero-order valence-electron chi connectivity index (χ0n) is 10.6. The summed E-state index contributed by atoms with van der Waals surface area (Å²) in [7, 11) is 0. The summed E-state index contributed by atoms with van der Waals surface area (Å²) in [6, 6.07) is 8.94. The molecule has 0 saturated heterocycles. The Morgan fingerprint density at radius 2 is 2.10 bits per heavy atom. The summed E-state index contributed by atoms with van der Waals surface area (Å²) in [6.45, 7) is 1.74. The number of anilines is 1. The Kier molecular flexibility index (Phi) is 5.18. The molecule has 0 aliphatic heterocycles. The van der Waals surface area contributed by atoms with E-state index in [1.165, 1.54) is 17.8 Å². The van der Waals surface area contributed by atoms with Crippen LogP contribution in [0, 0.1) is 10.5 Å². The first-order chi connectivity index (χ1) is 9.52. The number of aryl methyl sites for hydroxylation is 1. The van der Waals surface area contributed by atoms with Gasteiger partial charge in [0.1, 0.15) is 0 Å². The van der Waals surface area contributed by atoms with E-state index in [1.807, 2.05) is 24.3 Å². The minimum atomic E-state index is -0.210. The van der Waals surface area contributed by atoms with Crippen LogP contribution in [0.2, 0.25) is 0 Å². The molecule has 5 nitrogen and oxygen atoms in total. The second-order valence-corrected chi connectivity index (χ2v) is 6.25. The number of nitrogens with zero attached hydrogens (tertiary/aromatic N) is 1. The molecule has 0 aliphatic carbocycles. The van der Waals surface area contributed by atoms with E-state index < -0.39 is 0 Å². The van der Waals surface area contributed by atoms with Gasteiger partial charge in [0.05, 0.1) is 5.75 Å². The van der Waals surface area contributed by atoms with Crippen LogP contribution in [0.25, 0.3) is 0 Å². The van der Waals surface area contributed by atoms with Crippen LogP contribution in [0.15, 0.2) is 40.3 Å². The minimum absolute atomic E-state index is 0.139. The molecule has 7 heteroatoms. The number of thioether (sulfide) groups is 1. The normalized spacial score (nSPS) is 10.3. The maximum Gasteiger partial charge on any atom is 0.251 e. The molecule has 2 N–H and O–H groups in total. The monoisotopic (exact) mass is 401 g/mol. The quantitative estimate of drug-likeness (QED) is 0.469. The lowest BCUT2D eigenvalue weighted by Gasteiger charge is -2.05. The summed E-state index contributed by atoms with van der Waals surface area (Å²) in [5, 5.41) is 3.24. The molecule has 2 aromatic rings. The molecule has 0 fully saturated rings. The van der Waals surface area contributed by atoms with Crippen LogP contribution in [0.5, 0.6) is 0 Å². The first-order valence-corrected chi connectivity index (χ1v) is 7.85. The second kappa shape index (κ2) is 6.89. The number of H-pyrrole nitrogens is 1. The fourth-order valence-corrected chi connectivity index (χ4v) is 2.57. The van der Waals surface area contributed by atoms with Crippen LogP contribution in [0.3, 0.4) is 0 Å². The van der Waals surface area contributed by atoms with E-state index >= 15 is 0 Å². The molecule has 1 amide bonds. The van der Waals surface area contributed by atoms with Gasteiger partial charge >= 0.3 is 0 Å². The number of rotatable bonds is 4. The molecule has 0 spiro atoms. The van der Waals surface area contributed by atoms with E-state index in [2.05, 4.69) is 37.9 Å². The van der Waals surface area contributed by atoms with Gasteiger partial charge in [-0.1, -0.05) is 11.8 Å². The highest BCUT2D eigenvalue weighted by Crippen LogP contribution is 2.14. The molecule has 0 saturated carbocycles. The number of aromatic nitrogens is 2. The lowest BCUT2D eigenvalue weighted by atomic mass is 10.3. The first kappa shape index (κ1) is 15.0. The van der Waals surface area contributed by atoms with E-state index in [4.69, 9.17) is 0 Å². The van der Waals surface area contributed by atoms with Crippen molar-refractivity contribution in [2.45, 2.75) is 12.1 Å². The third-order valence-electron chi connectivity index (χ3n) is 2.32. The van der Waals surface area contributed by atoms with Crippen molar-refractivity contribution < 1.29 is 4.79 Å². The topological polar surface area (TPSA) is 74.8 Å². The van der Waals surface area contributed by atoms with Gasteiger partial charge in [0.25, 0.3) is 5.56 Å². The summed E-state index contributed by atoms with van der Waals surface area (Å²) in [4.78, 5) is 29.8. The van der Waals surface area contributed by atoms with E-state index in [0.29, 0.717) is 10.9 Å². The summed E-state index contributed by atoms with van der Waals surface area (Å²) in [5.41, 5.74) is 1.18. The van der Waals surface area contributed by atoms with E-state index in [0.717, 1.165) is 9.26 Å². The average molecular weight is 401 g/mol. The lowest BCUT2D eigenvalue weighted by molar-refractivity contribution is -0.113. The minimum Gasteiger partial charge on any atom is -0.325 e. The van der Waals surface area contributed by atoms with E-state index in [1.54, 1.807) is 6.92 Å². The Hall–Kier alpha value is -1.35. The van der Waals surface area contributed by atoms with Gasteiger partial charge in [0, 0.05) is 21.0 Å². The third-order valence-corrected chi connectivity index (χ3v) is 3.91. The predicted octanol–water partition coefficient (Wildman–Crippen LogP) is 2.41. The summed E-state index contributed by atoms with van der Waals surface area (Å²) >= 11 is 3.40. The highest BCUT2D eigenvalue weighted by Gasteiger charge is 2.06. The third kappa shape index (κ3) is 4.64. The number of nitrogens with one attached hydrogen (secondary N) is 2. The second-order valence-electron chi connectivity index (χ2n) is 4.04. The van der Waals surface area contributed by atoms with Gasteiger partial charge in [0.2, 0.25) is 5.91 Å². The Balaban J connectivity index is 1.92. The molecule has 0 aliphatic rings. The number of aromatic amines is 1. The molecule has 1 heterocycles. The number of carbonyl (C=O) groups is 1. The molecule has 104 valence electrons. The fraction of sp³-hybridized carbons (Fsp3) is 0.154. The summed E-state index contributed by atoms with van der Waals surface area (Å²) < 4.78 is 1.11. The molecular weight excluding hydrogens is 389 g/mol. The molecule has 1 aromatic heterocycles. The zero-order chi connectivity index (χ0) is 14.5. The van der Waals surface area contributed by atoms with Crippen LogP contribution < -0.4 is 10.9 Å². The van der Waals surface area contributed by atoms with Gasteiger partial charge < -0.3 is 10.3 Å². The Bertz CT molecular complexity index is 670. The number of benzene rings is 1. The van der Waals surface area contributed by atoms with Crippen LogP contribution in [0.4, 0.5) is 5.69 Å². The highest BCUT2D eigenvalue weighted by atomic mass is 127. The lowest BCUT2D eigenvalue weighted by Crippen LogP contribution is -2.15. The van der Waals surface area contributed by atoms with Crippen LogP contribution in [-0.2, 0) is 4.79 Å². The van der Waals surface area contributed by atoms with Gasteiger partial charge in [-0.05, 0) is 53.8 Å². The van der Waals surface area contributed by atoms with Crippen molar-refractivity contribution in [2.24, 2.45) is 0 Å². The smallest absolute Gasteiger partial charge is 0.251 e. The standard InChI is InChI=1S/C13H12IN3O2S/c1-8-6-11(18)17-13(15-8)20-7-12(19)16-10-4-2-9(14)3-5-10/h2-6H,7H2,1H3,(H,16,19)(H,15,17,18). The summed E-state index contributed by atoms with van der Waals surface area (Å²) in [6.07, 6.45) is 0. The number of hydrogen-bond acceptors (Lipinski definition) is 4. The van der Waals surface area contributed by atoms with Crippen molar-refractivity contribution in [3.05, 3.63) is 49.9 Å². The van der Waals surface area contributed by atoms with E-state index in [9.17, 15) is 9.59 Å². The molecule has 20 heavy (non-hydrogen) atoms. The van der Waals surface area contributed by atoms with Gasteiger partial charge in [-0.15, -0.1) is 0 Å².